The number of ether oxygens (including phenoxy) is 1. The zero-order valence-corrected chi connectivity index (χ0v) is 41.4. The SMILES string of the molecule is CC1C=CCCC1C1NC(c2ccccc2)N=C(C2=C(C3=CC=CC4C3OC3C=CC5=C(C6=CC=CCC6N5C5C=CC=CC5)C34)NCC(C3(C)C=C(C4C=CC=CC4)C=C(c4ccccc4)C3)=C2)N1C. The van der Waals surface area contributed by atoms with Crippen LogP contribution in [0.5, 0.6) is 0 Å². The van der Waals surface area contributed by atoms with Crippen LogP contribution in [0.3, 0.4) is 0 Å². The van der Waals surface area contributed by atoms with E-state index in [-0.39, 0.29) is 41.8 Å². The molecule has 7 aliphatic carbocycles. The number of dihydropyridines is 1. The Morgan fingerprint density at radius 2 is 1.59 bits per heavy atom. The lowest BCUT2D eigenvalue weighted by molar-refractivity contribution is 0.0811. The van der Waals surface area contributed by atoms with Crippen LogP contribution in [-0.2, 0) is 4.74 Å². The Hall–Kier alpha value is -6.47. The number of amidine groups is 1. The van der Waals surface area contributed by atoms with E-state index in [4.69, 9.17) is 9.73 Å². The summed E-state index contributed by atoms with van der Waals surface area (Å²) in [6.45, 7) is 5.60. The minimum atomic E-state index is -0.257. The third-order valence-corrected chi connectivity index (χ3v) is 17.6. The van der Waals surface area contributed by atoms with Gasteiger partial charge in [-0.25, -0.2) is 4.99 Å². The Morgan fingerprint density at radius 1 is 0.789 bits per heavy atom. The molecule has 1 fully saturated rings. The van der Waals surface area contributed by atoms with Crippen LogP contribution >= 0.6 is 0 Å². The Labute approximate surface area is 421 Å². The van der Waals surface area contributed by atoms with Gasteiger partial charge in [-0.05, 0) is 102 Å². The third-order valence-electron chi connectivity index (χ3n) is 17.6. The summed E-state index contributed by atoms with van der Waals surface area (Å²) in [7, 11) is 2.29. The van der Waals surface area contributed by atoms with Crippen molar-refractivity contribution in [1.29, 1.82) is 0 Å². The van der Waals surface area contributed by atoms with Gasteiger partial charge in [-0.2, -0.15) is 0 Å². The molecule has 71 heavy (non-hydrogen) atoms. The first-order chi connectivity index (χ1) is 34.9. The Kier molecular flexibility index (Phi) is 11.5. The van der Waals surface area contributed by atoms with E-state index in [2.05, 4.69) is 230 Å². The summed E-state index contributed by atoms with van der Waals surface area (Å²) in [4.78, 5) is 11.0. The molecule has 12 unspecified atom stereocenters. The number of aliphatic imine (C=N–C) groups is 1. The first-order valence-corrected chi connectivity index (χ1v) is 26.7. The second kappa shape index (κ2) is 18.3. The number of allylic oxidation sites excluding steroid dienone is 17. The molecule has 0 aromatic heterocycles. The smallest absolute Gasteiger partial charge is 0.136 e. The second-order valence-electron chi connectivity index (χ2n) is 21.9. The van der Waals surface area contributed by atoms with E-state index in [9.17, 15) is 0 Å². The van der Waals surface area contributed by atoms with Crippen LogP contribution in [0.4, 0.5) is 0 Å². The molecule has 6 heteroatoms. The van der Waals surface area contributed by atoms with Gasteiger partial charge in [0.15, 0.2) is 0 Å². The first kappa shape index (κ1) is 44.5. The molecular weight excluding hydrogens is 867 g/mol. The molecule has 12 atom stereocenters. The van der Waals surface area contributed by atoms with Gasteiger partial charge in [0.1, 0.15) is 12.0 Å². The van der Waals surface area contributed by atoms with E-state index in [1.807, 2.05) is 0 Å². The predicted octanol–water partition coefficient (Wildman–Crippen LogP) is 12.7. The average molecular weight is 934 g/mol. The highest BCUT2D eigenvalue weighted by Gasteiger charge is 2.54. The summed E-state index contributed by atoms with van der Waals surface area (Å²) >= 11 is 0. The second-order valence-corrected chi connectivity index (χ2v) is 21.9. The maximum Gasteiger partial charge on any atom is 0.136 e. The van der Waals surface area contributed by atoms with Crippen molar-refractivity contribution in [3.8, 4) is 0 Å². The van der Waals surface area contributed by atoms with Crippen molar-refractivity contribution >= 4 is 11.4 Å². The van der Waals surface area contributed by atoms with Gasteiger partial charge in [0.2, 0.25) is 0 Å². The number of rotatable bonds is 8. The molecule has 0 saturated carbocycles. The average Bonchev–Trinajstić information content (AvgIpc) is 3.98. The number of fused-ring (bicyclic) bond motifs is 6. The van der Waals surface area contributed by atoms with E-state index in [0.29, 0.717) is 29.8 Å². The molecule has 358 valence electrons. The van der Waals surface area contributed by atoms with Crippen LogP contribution in [0.1, 0.15) is 69.7 Å². The maximum absolute atomic E-state index is 7.47. The fourth-order valence-corrected chi connectivity index (χ4v) is 14.1. The molecule has 2 N–H and O–H groups in total. The first-order valence-electron chi connectivity index (χ1n) is 26.7. The van der Waals surface area contributed by atoms with Crippen LogP contribution in [0, 0.1) is 35.0 Å². The van der Waals surface area contributed by atoms with Crippen LogP contribution in [0.25, 0.3) is 5.57 Å². The lowest BCUT2D eigenvalue weighted by atomic mass is 9.68. The fraction of sp³-hybridized carbons (Fsp3) is 0.338. The molecule has 4 heterocycles. The van der Waals surface area contributed by atoms with E-state index >= 15 is 0 Å². The highest BCUT2D eigenvalue weighted by atomic mass is 16.5. The van der Waals surface area contributed by atoms with Crippen LogP contribution in [0.15, 0.2) is 238 Å². The molecule has 4 aliphatic heterocycles. The topological polar surface area (TPSA) is 52.1 Å². The minimum Gasteiger partial charge on any atom is -0.380 e. The number of hydrogen-bond donors (Lipinski definition) is 2. The number of benzene rings is 2. The molecule has 6 nitrogen and oxygen atoms in total. The molecule has 0 amide bonds. The number of nitrogens with one attached hydrogen (secondary N) is 2. The summed E-state index contributed by atoms with van der Waals surface area (Å²) in [5.74, 6) is 2.61. The van der Waals surface area contributed by atoms with Gasteiger partial charge in [0.25, 0.3) is 0 Å². The summed E-state index contributed by atoms with van der Waals surface area (Å²) in [5, 5.41) is 8.32. The van der Waals surface area contributed by atoms with Gasteiger partial charge in [-0.15, -0.1) is 0 Å². The predicted molar refractivity (Wildman–Crippen MR) is 290 cm³/mol. The number of hydrogen-bond acceptors (Lipinski definition) is 6. The van der Waals surface area contributed by atoms with Gasteiger partial charge < -0.3 is 19.9 Å². The zero-order valence-electron chi connectivity index (χ0n) is 41.4. The van der Waals surface area contributed by atoms with Crippen LogP contribution in [0.2, 0.25) is 0 Å². The van der Waals surface area contributed by atoms with Gasteiger partial charge in [0.05, 0.1) is 36.2 Å². The van der Waals surface area contributed by atoms with Crippen molar-refractivity contribution in [3.63, 3.8) is 0 Å². The van der Waals surface area contributed by atoms with E-state index in [1.165, 1.54) is 50.3 Å². The highest BCUT2D eigenvalue weighted by Crippen LogP contribution is 2.55. The number of likely N-dealkylation sites (N-methyl/N-ethyl adjacent to an activating group) is 1. The molecular formula is C65H67N5O. The molecule has 2 aromatic carbocycles. The normalized spacial score (nSPS) is 35.5. The molecule has 1 saturated heterocycles. The van der Waals surface area contributed by atoms with E-state index in [1.54, 1.807) is 0 Å². The maximum atomic E-state index is 7.47. The van der Waals surface area contributed by atoms with Crippen LogP contribution in [-0.4, -0.2) is 59.7 Å². The van der Waals surface area contributed by atoms with Crippen molar-refractivity contribution in [2.24, 2.45) is 40.0 Å². The highest BCUT2D eigenvalue weighted by molar-refractivity contribution is 6.03. The molecule has 0 bridgehead atoms. The third kappa shape index (κ3) is 7.81. The standard InChI is InChI=1S/C65H67N5O/c1-42-21-16-17-30-50(42)63-67-62(45-26-12-6-13-27-45)68-64(69(63)3)54-38-48(65(2)39-46(43-22-8-4-9-23-43)37-47(40-65)44-24-10-5-11-25-44)41-66-60(54)53-33-20-32-52-59-57(71-61(52)53)36-35-56-58(59)51-31-18-19-34-55(51)70(56)49-28-14-7-15-29-49/h4-16,18-24,26-28,31-33,35-38,40,42,44,49-50,52,55,57,59,61-63,66-67H,17,25,29-30,34,39,41H2,1-3H3. The summed E-state index contributed by atoms with van der Waals surface area (Å²) in [6, 6.07) is 22.6. The minimum absolute atomic E-state index is 0.0222. The van der Waals surface area contributed by atoms with Gasteiger partial charge in [-0.3, -0.25) is 5.32 Å². The van der Waals surface area contributed by atoms with E-state index in [0.717, 1.165) is 62.2 Å². The van der Waals surface area contributed by atoms with Gasteiger partial charge >= 0.3 is 0 Å². The lowest BCUT2D eigenvalue weighted by Gasteiger charge is -2.46. The van der Waals surface area contributed by atoms with Gasteiger partial charge in [0, 0.05) is 53.6 Å². The van der Waals surface area contributed by atoms with Crippen molar-refractivity contribution in [3.05, 3.63) is 244 Å². The summed E-state index contributed by atoms with van der Waals surface area (Å²) in [6.07, 6.45) is 55.7. The molecule has 2 aromatic rings. The molecule has 0 radical (unpaired) electrons. The van der Waals surface area contributed by atoms with E-state index < -0.39 is 0 Å². The Bertz CT molecular complexity index is 3000. The monoisotopic (exact) mass is 934 g/mol. The zero-order chi connectivity index (χ0) is 47.6. The largest absolute Gasteiger partial charge is 0.380 e. The number of nitrogens with zero attached hydrogens (tertiary/aromatic N) is 3. The van der Waals surface area contributed by atoms with Crippen molar-refractivity contribution in [2.75, 3.05) is 13.6 Å². The summed E-state index contributed by atoms with van der Waals surface area (Å²) < 4.78 is 7.47. The van der Waals surface area contributed by atoms with Gasteiger partial charge in [-0.1, -0.05) is 190 Å². The van der Waals surface area contributed by atoms with Crippen molar-refractivity contribution in [1.82, 2.24) is 20.4 Å². The molecule has 11 aliphatic rings. The van der Waals surface area contributed by atoms with Crippen molar-refractivity contribution < 1.29 is 4.74 Å². The Morgan fingerprint density at radius 3 is 2.39 bits per heavy atom. The Balaban J connectivity index is 0.947. The fourth-order valence-electron chi connectivity index (χ4n) is 14.1. The summed E-state index contributed by atoms with van der Waals surface area (Å²) in [5.41, 5.74) is 14.3. The molecule has 0 spiro atoms. The molecule has 13 rings (SSSR count). The quantitative estimate of drug-likeness (QED) is 0.258. The van der Waals surface area contributed by atoms with Crippen molar-refractivity contribution in [2.45, 2.75) is 89.0 Å². The van der Waals surface area contributed by atoms with Crippen LogP contribution < -0.4 is 10.6 Å². The lowest BCUT2D eigenvalue weighted by Crippen LogP contribution is -2.57.